The van der Waals surface area contributed by atoms with Crippen LogP contribution in [0.5, 0.6) is 5.75 Å². The van der Waals surface area contributed by atoms with Crippen LogP contribution in [0, 0.1) is 25.5 Å². The van der Waals surface area contributed by atoms with E-state index in [0.29, 0.717) is 5.69 Å². The summed E-state index contributed by atoms with van der Waals surface area (Å²) in [4.78, 5) is 39.8. The molecule has 0 aliphatic rings. The van der Waals surface area contributed by atoms with Crippen LogP contribution >= 0.6 is 15.9 Å². The van der Waals surface area contributed by atoms with Crippen molar-refractivity contribution < 1.29 is 27.9 Å². The van der Waals surface area contributed by atoms with Crippen molar-refractivity contribution in [3.8, 4) is 5.75 Å². The summed E-state index contributed by atoms with van der Waals surface area (Å²) in [6, 6.07) is 13.0. The molecule has 0 heterocycles. The van der Waals surface area contributed by atoms with Gasteiger partial charge in [0.25, 0.3) is 5.91 Å². The molecule has 0 saturated heterocycles. The minimum Gasteiger partial charge on any atom is -0.480 e. The Bertz CT molecular complexity index is 1320. The Morgan fingerprint density at radius 3 is 2.18 bits per heavy atom. The standard InChI is InChI=1S/C29H29BrF2N2O4/c1-17-13-21(30)14-18(2)28(17)33-29(37)19(3)38-26-11-9-23(32)15-24(26)25(35)10-12-27(36)34(4)16-20-5-7-22(31)8-6-20/h5-9,11,13-15,19H,10,12,16H2,1-4H3,(H,33,37). The number of Topliss-reactive ketones (excluding diaryl/α,β-unsaturated/α-hetero) is 1. The SMILES string of the molecule is Cc1cc(Br)cc(C)c1NC(=O)C(C)Oc1ccc(F)cc1C(=O)CCC(=O)N(C)Cc1ccc(F)cc1. The molecule has 0 aliphatic heterocycles. The van der Waals surface area contributed by atoms with Gasteiger partial charge < -0.3 is 15.0 Å². The summed E-state index contributed by atoms with van der Waals surface area (Å²) in [5.41, 5.74) is 3.09. The van der Waals surface area contributed by atoms with Crippen molar-refractivity contribution in [2.45, 2.75) is 46.3 Å². The van der Waals surface area contributed by atoms with E-state index in [-0.39, 0.29) is 42.4 Å². The number of ketones is 1. The predicted molar refractivity (Wildman–Crippen MR) is 145 cm³/mol. The molecule has 38 heavy (non-hydrogen) atoms. The Morgan fingerprint density at radius 1 is 0.947 bits per heavy atom. The number of ether oxygens (including phenoxy) is 1. The lowest BCUT2D eigenvalue weighted by molar-refractivity contribution is -0.130. The molecule has 0 fully saturated rings. The van der Waals surface area contributed by atoms with Crippen LogP contribution in [0.3, 0.4) is 0 Å². The van der Waals surface area contributed by atoms with Crippen LogP contribution < -0.4 is 10.1 Å². The Balaban J connectivity index is 1.64. The van der Waals surface area contributed by atoms with Crippen molar-refractivity contribution in [2.75, 3.05) is 12.4 Å². The maximum atomic E-state index is 14.0. The Labute approximate surface area is 229 Å². The smallest absolute Gasteiger partial charge is 0.265 e. The highest BCUT2D eigenvalue weighted by Gasteiger charge is 2.22. The first-order valence-electron chi connectivity index (χ1n) is 12.0. The number of rotatable bonds is 10. The quantitative estimate of drug-likeness (QED) is 0.280. The Morgan fingerprint density at radius 2 is 1.55 bits per heavy atom. The molecule has 3 aromatic carbocycles. The van der Waals surface area contributed by atoms with Crippen LogP contribution in [0.25, 0.3) is 0 Å². The van der Waals surface area contributed by atoms with Crippen LogP contribution in [-0.4, -0.2) is 35.6 Å². The molecule has 9 heteroatoms. The highest BCUT2D eigenvalue weighted by atomic mass is 79.9. The highest BCUT2D eigenvalue weighted by Crippen LogP contribution is 2.27. The summed E-state index contributed by atoms with van der Waals surface area (Å²) < 4.78 is 33.8. The van der Waals surface area contributed by atoms with Gasteiger partial charge in [-0.1, -0.05) is 28.1 Å². The van der Waals surface area contributed by atoms with E-state index in [1.54, 1.807) is 19.2 Å². The fraction of sp³-hybridized carbons (Fsp3) is 0.276. The number of nitrogens with zero attached hydrogens (tertiary/aromatic N) is 1. The fourth-order valence-electron chi connectivity index (χ4n) is 3.90. The lowest BCUT2D eigenvalue weighted by Gasteiger charge is -2.19. The van der Waals surface area contributed by atoms with Gasteiger partial charge in [-0.3, -0.25) is 14.4 Å². The zero-order chi connectivity index (χ0) is 28.0. The Hall–Kier alpha value is -3.59. The molecule has 3 rings (SSSR count). The molecule has 0 aliphatic carbocycles. The van der Waals surface area contributed by atoms with Gasteiger partial charge in [-0.2, -0.15) is 0 Å². The van der Waals surface area contributed by atoms with Crippen molar-refractivity contribution in [1.82, 2.24) is 4.90 Å². The number of amides is 2. The first kappa shape index (κ1) is 29.0. The average molecular weight is 587 g/mol. The van der Waals surface area contributed by atoms with Crippen molar-refractivity contribution in [1.29, 1.82) is 0 Å². The second-order valence-electron chi connectivity index (χ2n) is 9.10. The van der Waals surface area contributed by atoms with Crippen LogP contribution in [0.4, 0.5) is 14.5 Å². The van der Waals surface area contributed by atoms with Crippen LogP contribution in [-0.2, 0) is 16.1 Å². The van der Waals surface area contributed by atoms with E-state index in [2.05, 4.69) is 21.2 Å². The van der Waals surface area contributed by atoms with E-state index in [9.17, 15) is 23.2 Å². The number of benzene rings is 3. The number of aryl methyl sites for hydroxylation is 2. The summed E-state index contributed by atoms with van der Waals surface area (Å²) in [5.74, 6) is -2.18. The number of nitrogens with one attached hydrogen (secondary N) is 1. The monoisotopic (exact) mass is 586 g/mol. The van der Waals surface area contributed by atoms with E-state index < -0.39 is 23.6 Å². The van der Waals surface area contributed by atoms with Gasteiger partial charge in [0.2, 0.25) is 5.91 Å². The Kier molecular flexibility index (Phi) is 9.74. The molecule has 2 amide bonds. The number of carbonyl (C=O) groups excluding carboxylic acids is 3. The van der Waals surface area contributed by atoms with Gasteiger partial charge in [0, 0.05) is 36.6 Å². The van der Waals surface area contributed by atoms with Crippen molar-refractivity contribution >= 4 is 39.2 Å². The number of anilines is 1. The number of carbonyl (C=O) groups is 3. The summed E-state index contributed by atoms with van der Waals surface area (Å²) >= 11 is 3.42. The summed E-state index contributed by atoms with van der Waals surface area (Å²) in [7, 11) is 1.59. The molecule has 6 nitrogen and oxygen atoms in total. The molecule has 0 aromatic heterocycles. The molecule has 1 N–H and O–H groups in total. The van der Waals surface area contributed by atoms with Crippen LogP contribution in [0.1, 0.15) is 46.8 Å². The molecule has 0 bridgehead atoms. The maximum absolute atomic E-state index is 14.0. The normalized spacial score (nSPS) is 11.6. The van der Waals surface area contributed by atoms with Gasteiger partial charge in [0.05, 0.1) is 5.56 Å². The van der Waals surface area contributed by atoms with Crippen molar-refractivity contribution in [3.05, 3.63) is 93.0 Å². The lowest BCUT2D eigenvalue weighted by atomic mass is 10.0. The minimum atomic E-state index is -0.988. The van der Waals surface area contributed by atoms with Gasteiger partial charge in [-0.05, 0) is 79.9 Å². The van der Waals surface area contributed by atoms with E-state index in [4.69, 9.17) is 4.74 Å². The largest absolute Gasteiger partial charge is 0.480 e. The molecular formula is C29H29BrF2N2O4. The molecule has 0 spiro atoms. The van der Waals surface area contributed by atoms with E-state index in [1.165, 1.54) is 30.0 Å². The van der Waals surface area contributed by atoms with Gasteiger partial charge in [-0.15, -0.1) is 0 Å². The van der Waals surface area contributed by atoms with Gasteiger partial charge >= 0.3 is 0 Å². The fourth-order valence-corrected chi connectivity index (χ4v) is 4.58. The minimum absolute atomic E-state index is 0.0466. The molecule has 0 radical (unpaired) electrons. The van der Waals surface area contributed by atoms with Crippen molar-refractivity contribution in [3.63, 3.8) is 0 Å². The molecule has 1 unspecified atom stereocenters. The average Bonchev–Trinajstić information content (AvgIpc) is 2.86. The summed E-state index contributed by atoms with van der Waals surface area (Å²) in [5, 5.41) is 2.85. The first-order valence-corrected chi connectivity index (χ1v) is 12.8. The van der Waals surface area contributed by atoms with Gasteiger partial charge in [0.15, 0.2) is 11.9 Å². The number of hydrogen-bond donors (Lipinski definition) is 1. The molecule has 0 saturated carbocycles. The molecule has 1 atom stereocenters. The van der Waals surface area contributed by atoms with Crippen LogP contribution in [0.15, 0.2) is 59.1 Å². The molecule has 3 aromatic rings. The van der Waals surface area contributed by atoms with E-state index in [1.807, 2.05) is 26.0 Å². The highest BCUT2D eigenvalue weighted by molar-refractivity contribution is 9.10. The van der Waals surface area contributed by atoms with Crippen LogP contribution in [0.2, 0.25) is 0 Å². The van der Waals surface area contributed by atoms with Gasteiger partial charge in [-0.25, -0.2) is 8.78 Å². The summed E-state index contributed by atoms with van der Waals surface area (Å²) in [6.07, 6.45) is -1.27. The number of hydrogen-bond acceptors (Lipinski definition) is 4. The molecule has 200 valence electrons. The van der Waals surface area contributed by atoms with Gasteiger partial charge in [0.1, 0.15) is 17.4 Å². The predicted octanol–water partition coefficient (Wildman–Crippen LogP) is 6.37. The third kappa shape index (κ3) is 7.71. The topological polar surface area (TPSA) is 75.7 Å². The van der Waals surface area contributed by atoms with Crippen molar-refractivity contribution in [2.24, 2.45) is 0 Å². The summed E-state index contributed by atoms with van der Waals surface area (Å²) in [6.45, 7) is 5.53. The second kappa shape index (κ2) is 12.8. The number of halogens is 3. The molecular weight excluding hydrogens is 558 g/mol. The lowest BCUT2D eigenvalue weighted by Crippen LogP contribution is -2.31. The zero-order valence-corrected chi connectivity index (χ0v) is 23.2. The first-order chi connectivity index (χ1) is 17.9. The zero-order valence-electron chi connectivity index (χ0n) is 21.6. The maximum Gasteiger partial charge on any atom is 0.265 e. The van der Waals surface area contributed by atoms with E-state index >= 15 is 0 Å². The third-order valence-electron chi connectivity index (χ3n) is 5.99. The van der Waals surface area contributed by atoms with E-state index in [0.717, 1.165) is 33.3 Å². The second-order valence-corrected chi connectivity index (χ2v) is 10.0. The third-order valence-corrected chi connectivity index (χ3v) is 6.44.